The fraction of sp³-hybridized carbons (Fsp3) is 0.0370. The number of nitrogens with zero attached hydrogens (tertiary/aromatic N) is 1. The van der Waals surface area contributed by atoms with Crippen LogP contribution in [0.15, 0.2) is 78.9 Å². The first kappa shape index (κ1) is 22.4. The Kier molecular flexibility index (Phi) is 6.00. The summed E-state index contributed by atoms with van der Waals surface area (Å²) < 4.78 is 0. The molecule has 34 heavy (non-hydrogen) atoms. The minimum atomic E-state index is -0.301. The first-order chi connectivity index (χ1) is 16.4. The molecular formula is C27H19Cl2N3OS. The quantitative estimate of drug-likeness (QED) is 0.260. The van der Waals surface area contributed by atoms with Crippen LogP contribution in [0.2, 0.25) is 10.0 Å². The van der Waals surface area contributed by atoms with Crippen molar-refractivity contribution in [3.05, 3.63) is 99.3 Å². The Hall–Kier alpha value is -3.38. The van der Waals surface area contributed by atoms with Crippen LogP contribution < -0.4 is 11.1 Å². The Bertz CT molecular complexity index is 1530. The van der Waals surface area contributed by atoms with Gasteiger partial charge in [0.25, 0.3) is 5.91 Å². The Morgan fingerprint density at radius 2 is 1.65 bits per heavy atom. The third-order valence-electron chi connectivity index (χ3n) is 5.52. The van der Waals surface area contributed by atoms with Crippen molar-refractivity contribution in [2.75, 3.05) is 11.1 Å². The van der Waals surface area contributed by atoms with Gasteiger partial charge in [-0.25, -0.2) is 4.98 Å². The van der Waals surface area contributed by atoms with Gasteiger partial charge in [0, 0.05) is 32.2 Å². The average molecular weight is 504 g/mol. The van der Waals surface area contributed by atoms with Crippen LogP contribution in [0.4, 0.5) is 11.4 Å². The molecule has 0 aliphatic rings. The molecule has 1 amide bonds. The molecule has 3 N–H and O–H groups in total. The second-order valence-electron chi connectivity index (χ2n) is 7.89. The van der Waals surface area contributed by atoms with Gasteiger partial charge in [-0.2, -0.15) is 0 Å². The maximum atomic E-state index is 13.1. The molecule has 0 saturated carbocycles. The van der Waals surface area contributed by atoms with E-state index >= 15 is 0 Å². The number of hydrogen-bond acceptors (Lipinski definition) is 4. The number of nitrogen functional groups attached to an aromatic ring is 1. The molecule has 0 radical (unpaired) electrons. The predicted octanol–water partition coefficient (Wildman–Crippen LogP) is 8.08. The van der Waals surface area contributed by atoms with Gasteiger partial charge in [0.1, 0.15) is 9.71 Å². The van der Waals surface area contributed by atoms with E-state index in [-0.39, 0.29) is 5.91 Å². The lowest BCUT2D eigenvalue weighted by molar-refractivity contribution is 0.103. The lowest BCUT2D eigenvalue weighted by Gasteiger charge is -2.10. The number of amides is 1. The van der Waals surface area contributed by atoms with Crippen molar-refractivity contribution < 1.29 is 4.79 Å². The molecule has 4 nitrogen and oxygen atoms in total. The number of carbonyl (C=O) groups is 1. The normalized spacial score (nSPS) is 11.0. The molecule has 0 saturated heterocycles. The second-order valence-corrected chi connectivity index (χ2v) is 9.73. The van der Waals surface area contributed by atoms with E-state index in [1.54, 1.807) is 24.3 Å². The lowest BCUT2D eigenvalue weighted by Crippen LogP contribution is -2.11. The van der Waals surface area contributed by atoms with Crippen molar-refractivity contribution >= 4 is 62.0 Å². The summed E-state index contributed by atoms with van der Waals surface area (Å²) in [5, 5.41) is 4.80. The number of anilines is 2. The SMILES string of the molecule is Cc1ccc(-c2cc(-c3ccccc3Cl)c3c(N)c(C(=O)Nc4ccc(Cl)cc4)sc3n2)cc1. The topological polar surface area (TPSA) is 68.0 Å². The van der Waals surface area contributed by atoms with Gasteiger partial charge in [0.05, 0.1) is 11.4 Å². The molecule has 2 heterocycles. The van der Waals surface area contributed by atoms with Crippen LogP contribution in [0.3, 0.4) is 0 Å². The molecule has 2 aromatic heterocycles. The van der Waals surface area contributed by atoms with Gasteiger partial charge < -0.3 is 11.1 Å². The summed E-state index contributed by atoms with van der Waals surface area (Å²) in [5.74, 6) is -0.301. The summed E-state index contributed by atoms with van der Waals surface area (Å²) in [6.45, 7) is 2.04. The van der Waals surface area contributed by atoms with Gasteiger partial charge in [-0.15, -0.1) is 11.3 Å². The van der Waals surface area contributed by atoms with Crippen molar-refractivity contribution in [3.8, 4) is 22.4 Å². The van der Waals surface area contributed by atoms with Crippen molar-refractivity contribution in [2.24, 2.45) is 0 Å². The van der Waals surface area contributed by atoms with Gasteiger partial charge in [0.2, 0.25) is 0 Å². The summed E-state index contributed by atoms with van der Waals surface area (Å²) in [7, 11) is 0. The predicted molar refractivity (Wildman–Crippen MR) is 144 cm³/mol. The number of nitrogens with two attached hydrogens (primary N) is 1. The Balaban J connectivity index is 1.68. The van der Waals surface area contributed by atoms with Crippen molar-refractivity contribution in [1.29, 1.82) is 0 Å². The van der Waals surface area contributed by atoms with Crippen molar-refractivity contribution in [1.82, 2.24) is 4.98 Å². The van der Waals surface area contributed by atoms with E-state index in [1.165, 1.54) is 11.3 Å². The molecule has 5 rings (SSSR count). The minimum absolute atomic E-state index is 0.301. The van der Waals surface area contributed by atoms with E-state index in [0.717, 1.165) is 33.3 Å². The van der Waals surface area contributed by atoms with E-state index in [1.807, 2.05) is 61.5 Å². The molecule has 0 unspecified atom stereocenters. The minimum Gasteiger partial charge on any atom is -0.397 e. The number of thiophene rings is 1. The monoisotopic (exact) mass is 503 g/mol. The van der Waals surface area contributed by atoms with Crippen LogP contribution in [0.25, 0.3) is 32.6 Å². The highest BCUT2D eigenvalue weighted by Crippen LogP contribution is 2.43. The molecule has 0 aliphatic carbocycles. The number of nitrogens with one attached hydrogen (secondary N) is 1. The van der Waals surface area contributed by atoms with Crippen LogP contribution in [0.5, 0.6) is 0 Å². The maximum absolute atomic E-state index is 13.1. The summed E-state index contributed by atoms with van der Waals surface area (Å²) >= 11 is 13.8. The zero-order chi connectivity index (χ0) is 23.8. The van der Waals surface area contributed by atoms with Crippen molar-refractivity contribution in [3.63, 3.8) is 0 Å². The number of hydrogen-bond donors (Lipinski definition) is 2. The Morgan fingerprint density at radius 1 is 0.941 bits per heavy atom. The summed E-state index contributed by atoms with van der Waals surface area (Å²) in [5.41, 5.74) is 12.2. The molecule has 168 valence electrons. The maximum Gasteiger partial charge on any atom is 0.267 e. The number of aromatic nitrogens is 1. The molecule has 0 spiro atoms. The standard InChI is InChI=1S/C27H19Cl2N3OS/c1-15-6-8-16(9-7-15)22-14-20(19-4-2-3-5-21(19)29)23-24(30)25(34-27(23)32-22)26(33)31-18-12-10-17(28)11-13-18/h2-14H,30H2,1H3,(H,31,33). The van der Waals surface area contributed by atoms with Gasteiger partial charge in [-0.3, -0.25) is 4.79 Å². The molecule has 0 atom stereocenters. The molecule has 5 aromatic rings. The highest BCUT2D eigenvalue weighted by Gasteiger charge is 2.22. The van der Waals surface area contributed by atoms with Crippen LogP contribution in [0.1, 0.15) is 15.2 Å². The first-order valence-corrected chi connectivity index (χ1v) is 12.1. The largest absolute Gasteiger partial charge is 0.397 e. The second kappa shape index (κ2) is 9.11. The third-order valence-corrected chi connectivity index (χ3v) is 7.20. The highest BCUT2D eigenvalue weighted by molar-refractivity contribution is 7.21. The zero-order valence-electron chi connectivity index (χ0n) is 18.1. The molecule has 0 bridgehead atoms. The van der Waals surface area contributed by atoms with E-state index < -0.39 is 0 Å². The number of benzene rings is 3. The van der Waals surface area contributed by atoms with Crippen LogP contribution in [0, 0.1) is 6.92 Å². The summed E-state index contributed by atoms with van der Waals surface area (Å²) in [6.07, 6.45) is 0. The summed E-state index contributed by atoms with van der Waals surface area (Å²) in [4.78, 5) is 19.1. The molecule has 3 aromatic carbocycles. The van der Waals surface area contributed by atoms with Gasteiger partial charge >= 0.3 is 0 Å². The first-order valence-electron chi connectivity index (χ1n) is 10.5. The van der Waals surface area contributed by atoms with E-state index in [2.05, 4.69) is 5.32 Å². The van der Waals surface area contributed by atoms with E-state index in [4.69, 9.17) is 33.9 Å². The van der Waals surface area contributed by atoms with Gasteiger partial charge in [-0.1, -0.05) is 71.2 Å². The zero-order valence-corrected chi connectivity index (χ0v) is 20.4. The van der Waals surface area contributed by atoms with Crippen LogP contribution >= 0.6 is 34.5 Å². The fourth-order valence-corrected chi connectivity index (χ4v) is 5.15. The fourth-order valence-electron chi connectivity index (χ4n) is 3.77. The van der Waals surface area contributed by atoms with E-state index in [0.29, 0.717) is 31.1 Å². The van der Waals surface area contributed by atoms with Crippen LogP contribution in [-0.2, 0) is 0 Å². The Labute approximate surface area is 211 Å². The number of fused-ring (bicyclic) bond motifs is 1. The Morgan fingerprint density at radius 3 is 2.35 bits per heavy atom. The third kappa shape index (κ3) is 4.26. The molecular weight excluding hydrogens is 485 g/mol. The average Bonchev–Trinajstić information content (AvgIpc) is 3.17. The number of pyridine rings is 1. The van der Waals surface area contributed by atoms with Gasteiger partial charge in [0.15, 0.2) is 0 Å². The molecule has 7 heteroatoms. The highest BCUT2D eigenvalue weighted by atomic mass is 35.5. The smallest absolute Gasteiger partial charge is 0.267 e. The number of rotatable bonds is 4. The van der Waals surface area contributed by atoms with Crippen LogP contribution in [-0.4, -0.2) is 10.9 Å². The lowest BCUT2D eigenvalue weighted by atomic mass is 9.99. The molecule has 0 aliphatic heterocycles. The van der Waals surface area contributed by atoms with E-state index in [9.17, 15) is 4.79 Å². The van der Waals surface area contributed by atoms with Gasteiger partial charge in [-0.05, 0) is 48.9 Å². The number of halogens is 2. The number of carbonyl (C=O) groups excluding carboxylic acids is 1. The summed E-state index contributed by atoms with van der Waals surface area (Å²) in [6, 6.07) is 24.7. The number of aryl methyl sites for hydroxylation is 1. The molecule has 0 fully saturated rings. The van der Waals surface area contributed by atoms with Crippen molar-refractivity contribution in [2.45, 2.75) is 6.92 Å².